The fourth-order valence-corrected chi connectivity index (χ4v) is 3.51. The molecule has 6 nitrogen and oxygen atoms in total. The van der Waals surface area contributed by atoms with E-state index in [-0.39, 0.29) is 11.8 Å². The first-order chi connectivity index (χ1) is 11.9. The number of benzene rings is 1. The molecule has 25 heavy (non-hydrogen) atoms. The van der Waals surface area contributed by atoms with E-state index in [1.807, 2.05) is 62.7 Å². The Morgan fingerprint density at radius 2 is 2.00 bits per heavy atom. The van der Waals surface area contributed by atoms with Gasteiger partial charge in [-0.15, -0.1) is 0 Å². The molecular weight excluding hydrogens is 382 g/mol. The van der Waals surface area contributed by atoms with Gasteiger partial charge in [0.15, 0.2) is 5.69 Å². The Bertz CT molecular complexity index is 925. The fraction of sp³-hybridized carbons (Fsp3) is 0.278. The molecule has 7 heteroatoms. The monoisotopic (exact) mass is 401 g/mol. The predicted octanol–water partition coefficient (Wildman–Crippen LogP) is 4.35. The van der Waals surface area contributed by atoms with Gasteiger partial charge in [-0.05, 0) is 53.9 Å². The van der Waals surface area contributed by atoms with Crippen LogP contribution < -0.4 is 5.32 Å². The molecule has 0 aliphatic rings. The van der Waals surface area contributed by atoms with Gasteiger partial charge in [-0.25, -0.2) is 4.68 Å². The van der Waals surface area contributed by atoms with Crippen molar-refractivity contribution in [2.75, 3.05) is 5.32 Å². The van der Waals surface area contributed by atoms with E-state index in [1.54, 1.807) is 0 Å². The van der Waals surface area contributed by atoms with Crippen LogP contribution in [0.1, 0.15) is 47.3 Å². The number of hydrogen-bond acceptors (Lipinski definition) is 3. The molecule has 130 valence electrons. The molecule has 1 aromatic carbocycles. The van der Waals surface area contributed by atoms with Crippen molar-refractivity contribution in [3.63, 3.8) is 0 Å². The van der Waals surface area contributed by atoms with E-state index in [4.69, 9.17) is 0 Å². The number of H-pyrrole nitrogens is 1. The Morgan fingerprint density at radius 3 is 2.60 bits per heavy atom. The van der Waals surface area contributed by atoms with Gasteiger partial charge >= 0.3 is 0 Å². The van der Waals surface area contributed by atoms with E-state index in [2.05, 4.69) is 36.5 Å². The van der Waals surface area contributed by atoms with Gasteiger partial charge in [0.05, 0.1) is 27.2 Å². The van der Waals surface area contributed by atoms with Gasteiger partial charge in [0.2, 0.25) is 0 Å². The van der Waals surface area contributed by atoms with E-state index in [0.29, 0.717) is 15.9 Å². The lowest BCUT2D eigenvalue weighted by Gasteiger charge is -2.12. The Kier molecular flexibility index (Phi) is 4.76. The third-order valence-electron chi connectivity index (χ3n) is 3.91. The Morgan fingerprint density at radius 1 is 1.28 bits per heavy atom. The summed E-state index contributed by atoms with van der Waals surface area (Å²) in [5, 5.41) is 14.5. The number of halogens is 1. The van der Waals surface area contributed by atoms with Crippen LogP contribution in [-0.2, 0) is 0 Å². The molecular formula is C18H20BrN5O. The van der Waals surface area contributed by atoms with Crippen LogP contribution in [0.4, 0.5) is 5.69 Å². The van der Waals surface area contributed by atoms with Gasteiger partial charge in [-0.2, -0.15) is 10.2 Å². The quantitative estimate of drug-likeness (QED) is 0.681. The molecule has 0 bridgehead atoms. The summed E-state index contributed by atoms with van der Waals surface area (Å²) in [5.74, 6) is -0.0329. The van der Waals surface area contributed by atoms with Crippen LogP contribution in [0.2, 0.25) is 0 Å². The molecule has 0 unspecified atom stereocenters. The Balaban J connectivity index is 1.94. The molecule has 2 aromatic heterocycles. The minimum Gasteiger partial charge on any atom is -0.319 e. The summed E-state index contributed by atoms with van der Waals surface area (Å²) in [7, 11) is 0. The van der Waals surface area contributed by atoms with Crippen LogP contribution in [0.5, 0.6) is 0 Å². The molecule has 0 aliphatic heterocycles. The number of para-hydroxylation sites is 2. The lowest BCUT2D eigenvalue weighted by molar-refractivity contribution is 0.102. The van der Waals surface area contributed by atoms with E-state index in [1.165, 1.54) is 0 Å². The number of anilines is 1. The minimum atomic E-state index is -0.274. The number of carbonyl (C=O) groups is 1. The molecule has 0 fully saturated rings. The van der Waals surface area contributed by atoms with Crippen molar-refractivity contribution in [1.29, 1.82) is 0 Å². The van der Waals surface area contributed by atoms with E-state index < -0.39 is 0 Å². The van der Waals surface area contributed by atoms with E-state index in [9.17, 15) is 4.79 Å². The number of rotatable bonds is 4. The molecule has 3 rings (SSSR count). The van der Waals surface area contributed by atoms with Gasteiger partial charge in [-0.3, -0.25) is 9.89 Å². The van der Waals surface area contributed by atoms with Crippen molar-refractivity contribution in [2.24, 2.45) is 0 Å². The second kappa shape index (κ2) is 6.84. The maximum absolute atomic E-state index is 12.7. The lowest BCUT2D eigenvalue weighted by atomic mass is 10.1. The first-order valence-electron chi connectivity index (χ1n) is 8.06. The number of amides is 1. The highest BCUT2D eigenvalue weighted by molar-refractivity contribution is 9.10. The number of aryl methyl sites for hydroxylation is 2. The smallest absolute Gasteiger partial charge is 0.277 e. The zero-order chi connectivity index (χ0) is 18.1. The number of carbonyl (C=O) groups excluding carboxylic acids is 1. The summed E-state index contributed by atoms with van der Waals surface area (Å²) >= 11 is 3.47. The molecule has 3 aromatic rings. The third-order valence-corrected chi connectivity index (χ3v) is 4.72. The van der Waals surface area contributed by atoms with Crippen molar-refractivity contribution in [1.82, 2.24) is 20.0 Å². The SMILES string of the molecule is Cc1cc(C)n(-c2ccccc2NC(=O)c2n[nH]c(C(C)C)c2Br)n1. The number of aromatic nitrogens is 4. The van der Waals surface area contributed by atoms with Crippen molar-refractivity contribution < 1.29 is 4.79 Å². The maximum Gasteiger partial charge on any atom is 0.277 e. The Hall–Kier alpha value is -2.41. The van der Waals surface area contributed by atoms with Gasteiger partial charge < -0.3 is 5.32 Å². The second-order valence-corrected chi connectivity index (χ2v) is 7.06. The number of nitrogens with one attached hydrogen (secondary N) is 2. The van der Waals surface area contributed by atoms with E-state index in [0.717, 1.165) is 22.8 Å². The third kappa shape index (κ3) is 3.37. The van der Waals surface area contributed by atoms with Crippen LogP contribution in [0, 0.1) is 13.8 Å². The van der Waals surface area contributed by atoms with Gasteiger partial charge in [0.25, 0.3) is 5.91 Å². The highest BCUT2D eigenvalue weighted by Crippen LogP contribution is 2.27. The topological polar surface area (TPSA) is 75.6 Å². The second-order valence-electron chi connectivity index (χ2n) is 6.26. The Labute approximate surface area is 154 Å². The molecule has 2 heterocycles. The standard InChI is InChI=1S/C18H20BrN5O/c1-10(2)16-15(19)17(22-21-16)18(25)20-13-7-5-6-8-14(13)24-12(4)9-11(3)23-24/h5-10H,1-4H3,(H,20,25)(H,21,22). The summed E-state index contributed by atoms with van der Waals surface area (Å²) in [4.78, 5) is 12.7. The maximum atomic E-state index is 12.7. The van der Waals surface area contributed by atoms with E-state index >= 15 is 0 Å². The van der Waals surface area contributed by atoms with Crippen LogP contribution in [0.15, 0.2) is 34.8 Å². The van der Waals surface area contributed by atoms with Crippen LogP contribution in [-0.4, -0.2) is 25.9 Å². The molecule has 0 aliphatic carbocycles. The average molecular weight is 402 g/mol. The van der Waals surface area contributed by atoms with Crippen molar-refractivity contribution in [3.05, 3.63) is 57.6 Å². The highest BCUT2D eigenvalue weighted by Gasteiger charge is 2.20. The van der Waals surface area contributed by atoms with Crippen LogP contribution in [0.3, 0.4) is 0 Å². The number of hydrogen-bond donors (Lipinski definition) is 2. The number of nitrogens with zero attached hydrogens (tertiary/aromatic N) is 3. The van der Waals surface area contributed by atoms with Crippen molar-refractivity contribution >= 4 is 27.5 Å². The largest absolute Gasteiger partial charge is 0.319 e. The molecule has 0 atom stereocenters. The lowest BCUT2D eigenvalue weighted by Crippen LogP contribution is -2.15. The summed E-state index contributed by atoms with van der Waals surface area (Å²) in [5.41, 5.74) is 4.67. The summed E-state index contributed by atoms with van der Waals surface area (Å²) in [6.07, 6.45) is 0. The molecule has 0 saturated carbocycles. The van der Waals surface area contributed by atoms with Crippen molar-refractivity contribution in [3.8, 4) is 5.69 Å². The molecule has 1 amide bonds. The summed E-state index contributed by atoms with van der Waals surface area (Å²) in [6.45, 7) is 8.01. The minimum absolute atomic E-state index is 0.241. The molecule has 0 spiro atoms. The summed E-state index contributed by atoms with van der Waals surface area (Å²) < 4.78 is 2.52. The van der Waals surface area contributed by atoms with Crippen LogP contribution in [0.25, 0.3) is 5.69 Å². The fourth-order valence-electron chi connectivity index (χ4n) is 2.69. The van der Waals surface area contributed by atoms with Gasteiger partial charge in [0.1, 0.15) is 0 Å². The molecule has 0 saturated heterocycles. The predicted molar refractivity (Wildman–Crippen MR) is 101 cm³/mol. The van der Waals surface area contributed by atoms with Gasteiger partial charge in [0, 0.05) is 5.69 Å². The number of aromatic amines is 1. The summed E-state index contributed by atoms with van der Waals surface area (Å²) in [6, 6.07) is 9.58. The average Bonchev–Trinajstić information content (AvgIpc) is 3.10. The van der Waals surface area contributed by atoms with Crippen molar-refractivity contribution in [2.45, 2.75) is 33.6 Å². The van der Waals surface area contributed by atoms with Crippen LogP contribution >= 0.6 is 15.9 Å². The highest BCUT2D eigenvalue weighted by atomic mass is 79.9. The molecule has 0 radical (unpaired) electrons. The van der Waals surface area contributed by atoms with Gasteiger partial charge in [-0.1, -0.05) is 26.0 Å². The first-order valence-corrected chi connectivity index (χ1v) is 8.85. The zero-order valence-corrected chi connectivity index (χ0v) is 16.2. The zero-order valence-electron chi connectivity index (χ0n) is 14.6. The normalized spacial score (nSPS) is 11.1. The first kappa shape index (κ1) is 17.4. The molecule has 2 N–H and O–H groups in total.